The Labute approximate surface area is 461 Å². The lowest BCUT2D eigenvalue weighted by molar-refractivity contribution is -0.137. The predicted molar refractivity (Wildman–Crippen MR) is 321 cm³/mol. The average Bonchev–Trinajstić information content (AvgIpc) is 4.20. The van der Waals surface area contributed by atoms with Crippen LogP contribution in [0.1, 0.15) is 38.9 Å². The quantitative estimate of drug-likeness (QED) is 0.152. The summed E-state index contributed by atoms with van der Waals surface area (Å²) in [5.74, 6) is 0. The van der Waals surface area contributed by atoms with Crippen LogP contribution in [-0.2, 0) is 6.18 Å². The highest BCUT2D eigenvalue weighted by Crippen LogP contribution is 2.45. The highest BCUT2D eigenvalue weighted by Gasteiger charge is 2.31. The second-order valence-electron chi connectivity index (χ2n) is 21.0. The number of rotatable bonds is 8. The molecule has 7 heteroatoms. The van der Waals surface area contributed by atoms with Crippen molar-refractivity contribution in [1.29, 1.82) is 10.5 Å². The molecule has 0 bridgehead atoms. The smallest absolute Gasteiger partial charge is 0.309 e. The Hall–Kier alpha value is -10.2. The van der Waals surface area contributed by atoms with Gasteiger partial charge in [0.15, 0.2) is 0 Å². The van der Waals surface area contributed by atoms with Crippen LogP contribution in [0.2, 0.25) is 0 Å². The molecule has 0 aliphatic rings. The average molecular weight is 1040 g/mol. The van der Waals surface area contributed by atoms with Crippen LogP contribution in [-0.4, -0.2) is 9.13 Å². The van der Waals surface area contributed by atoms with Crippen molar-refractivity contribution in [3.63, 3.8) is 0 Å². The molecule has 0 unspecified atom stereocenters. The molecule has 4 nitrogen and oxygen atoms in total. The van der Waals surface area contributed by atoms with Crippen molar-refractivity contribution < 1.29 is 13.2 Å². The minimum absolute atomic E-state index is 0.114. The Morgan fingerprint density at radius 3 is 1.07 bits per heavy atom. The van der Waals surface area contributed by atoms with E-state index in [0.717, 1.165) is 112 Å². The van der Waals surface area contributed by atoms with Gasteiger partial charge in [-0.1, -0.05) is 156 Å². The van der Waals surface area contributed by atoms with E-state index in [4.69, 9.17) is 0 Å². The third-order valence-electron chi connectivity index (χ3n) is 15.8. The Morgan fingerprint density at radius 2 is 0.688 bits per heavy atom. The maximum atomic E-state index is 14.2. The molecule has 0 aliphatic carbocycles. The molecular formula is C73H49F3N4. The lowest BCUT2D eigenvalue weighted by Crippen LogP contribution is -2.05. The third kappa shape index (κ3) is 8.67. The minimum atomic E-state index is -4.65. The van der Waals surface area contributed by atoms with Crippen LogP contribution in [0, 0.1) is 50.4 Å². The van der Waals surface area contributed by atoms with Gasteiger partial charge in [0.1, 0.15) is 0 Å². The summed E-state index contributed by atoms with van der Waals surface area (Å²) in [4.78, 5) is 0. The zero-order valence-corrected chi connectivity index (χ0v) is 44.3. The van der Waals surface area contributed by atoms with Crippen LogP contribution >= 0.6 is 0 Å². The van der Waals surface area contributed by atoms with E-state index in [1.165, 1.54) is 28.3 Å². The molecule has 11 aromatic carbocycles. The van der Waals surface area contributed by atoms with Gasteiger partial charge in [-0.15, -0.1) is 0 Å². The predicted octanol–water partition coefficient (Wildman–Crippen LogP) is 19.9. The van der Waals surface area contributed by atoms with E-state index in [0.29, 0.717) is 27.8 Å². The summed E-state index contributed by atoms with van der Waals surface area (Å²) in [6.07, 6.45) is -4.65. The van der Waals surface area contributed by atoms with Crippen LogP contribution in [0.15, 0.2) is 224 Å². The Kier molecular flexibility index (Phi) is 11.9. The summed E-state index contributed by atoms with van der Waals surface area (Å²) in [6, 6.07) is 79.9. The number of hydrogen-bond acceptors (Lipinski definition) is 2. The fraction of sp³-hybridized carbons (Fsp3) is 0.0685. The molecule has 0 saturated carbocycles. The SMILES string of the molecule is Cc1ccc(-c2ccc3c(c2)c2cc(-c4ccc(C)cc4)ccc2n3-c2ccc(C#N)c(-c3cc(-c4ccc(C(F)(F)F)cc4C#N)ccc3-n3c4ccc(-c5ccc(C)cc5)cc4c4cc(-c5ccc(C)cc5)ccc43)c2)cc1. The number of aromatic nitrogens is 2. The number of halogens is 3. The molecule has 0 N–H and O–H groups in total. The monoisotopic (exact) mass is 1040 g/mol. The fourth-order valence-corrected chi connectivity index (χ4v) is 11.5. The molecule has 0 atom stereocenters. The second-order valence-corrected chi connectivity index (χ2v) is 21.0. The number of nitrogens with zero attached hydrogens (tertiary/aromatic N) is 4. The number of aryl methyl sites for hydroxylation is 4. The largest absolute Gasteiger partial charge is 0.416 e. The number of benzene rings is 11. The van der Waals surface area contributed by atoms with Crippen molar-refractivity contribution in [2.45, 2.75) is 33.9 Å². The Bertz CT molecular complexity index is 4510. The summed E-state index contributed by atoms with van der Waals surface area (Å²) in [5.41, 5.74) is 20.2. The minimum Gasteiger partial charge on any atom is -0.309 e. The molecule has 0 spiro atoms. The molecule has 0 amide bonds. The van der Waals surface area contributed by atoms with Gasteiger partial charge in [-0.3, -0.25) is 0 Å². The molecule has 0 saturated heterocycles. The first-order chi connectivity index (χ1) is 38.8. The van der Waals surface area contributed by atoms with Crippen molar-refractivity contribution in [3.8, 4) is 90.3 Å². The van der Waals surface area contributed by atoms with Crippen LogP contribution in [0.3, 0.4) is 0 Å². The number of alkyl halides is 3. The standard InChI is InChI=1S/C73H49F3N4/c1-44-5-13-48(14-6-44)52-22-30-68-64(36-52)65-37-53(49-15-7-45(2)8-16-49)23-31-69(65)79(68)60-28-21-57(42-77)62(41-60)63-40-56(61-29-27-59(73(74,75)76)35-58(61)43-78)26-34-70(63)80-71-32-24-54(50-17-9-46(3)10-18-50)38-66(71)67-39-55(25-33-72(67)80)51-19-11-47(4)12-20-51/h5-41H,1-4H3. The maximum Gasteiger partial charge on any atom is 0.416 e. The zero-order chi connectivity index (χ0) is 55.0. The van der Waals surface area contributed by atoms with Gasteiger partial charge in [-0.05, 0) is 174 Å². The molecule has 382 valence electrons. The molecule has 2 aromatic heterocycles. The summed E-state index contributed by atoms with van der Waals surface area (Å²) < 4.78 is 47.0. The summed E-state index contributed by atoms with van der Waals surface area (Å²) in [7, 11) is 0. The van der Waals surface area contributed by atoms with Crippen molar-refractivity contribution >= 4 is 43.6 Å². The van der Waals surface area contributed by atoms with E-state index < -0.39 is 11.7 Å². The summed E-state index contributed by atoms with van der Waals surface area (Å²) in [5, 5.41) is 25.8. The van der Waals surface area contributed by atoms with Gasteiger partial charge in [-0.25, -0.2) is 0 Å². The molecule has 0 aliphatic heterocycles. The van der Waals surface area contributed by atoms with E-state index in [9.17, 15) is 23.7 Å². The van der Waals surface area contributed by atoms with Crippen molar-refractivity contribution in [2.24, 2.45) is 0 Å². The van der Waals surface area contributed by atoms with Crippen molar-refractivity contribution in [3.05, 3.63) is 263 Å². The van der Waals surface area contributed by atoms with Crippen LogP contribution in [0.4, 0.5) is 13.2 Å². The first kappa shape index (κ1) is 49.4. The van der Waals surface area contributed by atoms with Crippen LogP contribution in [0.5, 0.6) is 0 Å². The van der Waals surface area contributed by atoms with E-state index in [-0.39, 0.29) is 5.56 Å². The topological polar surface area (TPSA) is 57.4 Å². The normalized spacial score (nSPS) is 11.7. The number of hydrogen-bond donors (Lipinski definition) is 0. The van der Waals surface area contributed by atoms with Gasteiger partial charge in [-0.2, -0.15) is 23.7 Å². The Balaban J connectivity index is 1.08. The highest BCUT2D eigenvalue weighted by molar-refractivity contribution is 6.13. The first-order valence-corrected chi connectivity index (χ1v) is 26.6. The molecule has 2 heterocycles. The van der Waals surface area contributed by atoms with Gasteiger partial charge in [0.25, 0.3) is 0 Å². The molecular weight excluding hydrogens is 990 g/mol. The first-order valence-electron chi connectivity index (χ1n) is 26.6. The number of fused-ring (bicyclic) bond motifs is 6. The van der Waals surface area contributed by atoms with E-state index in [2.05, 4.69) is 225 Å². The second kappa shape index (κ2) is 19.4. The highest BCUT2D eigenvalue weighted by atomic mass is 19.4. The van der Waals surface area contributed by atoms with Crippen LogP contribution < -0.4 is 0 Å². The van der Waals surface area contributed by atoms with E-state index >= 15 is 0 Å². The molecule has 13 rings (SSSR count). The fourth-order valence-electron chi connectivity index (χ4n) is 11.5. The Morgan fingerprint density at radius 1 is 0.312 bits per heavy atom. The van der Waals surface area contributed by atoms with Crippen molar-refractivity contribution in [2.75, 3.05) is 0 Å². The van der Waals surface area contributed by atoms with E-state index in [1.54, 1.807) is 0 Å². The molecule has 0 radical (unpaired) electrons. The lowest BCUT2D eigenvalue weighted by atomic mass is 9.91. The third-order valence-corrected chi connectivity index (χ3v) is 15.8. The lowest BCUT2D eigenvalue weighted by Gasteiger charge is -2.19. The van der Waals surface area contributed by atoms with Crippen molar-refractivity contribution in [1.82, 2.24) is 9.13 Å². The summed E-state index contributed by atoms with van der Waals surface area (Å²) in [6.45, 7) is 8.33. The molecule has 13 aromatic rings. The van der Waals surface area contributed by atoms with Gasteiger partial charge >= 0.3 is 6.18 Å². The maximum absolute atomic E-state index is 14.2. The van der Waals surface area contributed by atoms with Crippen LogP contribution in [0.25, 0.3) is 122 Å². The van der Waals surface area contributed by atoms with Gasteiger partial charge in [0, 0.05) is 38.4 Å². The molecule has 0 fully saturated rings. The van der Waals surface area contributed by atoms with E-state index in [1.807, 2.05) is 30.3 Å². The molecule has 80 heavy (non-hydrogen) atoms. The zero-order valence-electron chi connectivity index (χ0n) is 44.3. The number of nitriles is 2. The van der Waals surface area contributed by atoms with Gasteiger partial charge in [0.2, 0.25) is 0 Å². The van der Waals surface area contributed by atoms with Gasteiger partial charge < -0.3 is 9.13 Å². The summed E-state index contributed by atoms with van der Waals surface area (Å²) >= 11 is 0. The van der Waals surface area contributed by atoms with Gasteiger partial charge in [0.05, 0.1) is 56.6 Å².